The van der Waals surface area contributed by atoms with Gasteiger partial charge >= 0.3 is 0 Å². The Labute approximate surface area is 173 Å². The smallest absolute Gasteiger partial charge is 0.269 e. The highest BCUT2D eigenvalue weighted by atomic mass is 79.9. The van der Waals surface area contributed by atoms with E-state index in [9.17, 15) is 13.6 Å². The first-order valence-electron chi connectivity index (χ1n) is 8.81. The first-order chi connectivity index (χ1) is 13.9. The predicted molar refractivity (Wildman–Crippen MR) is 109 cm³/mol. The Kier molecular flexibility index (Phi) is 5.19. The van der Waals surface area contributed by atoms with Gasteiger partial charge in [-0.25, -0.2) is 8.78 Å². The summed E-state index contributed by atoms with van der Waals surface area (Å²) in [7, 11) is 0. The zero-order chi connectivity index (χ0) is 20.5. The molecule has 0 radical (unpaired) electrons. The summed E-state index contributed by atoms with van der Waals surface area (Å²) < 4.78 is 34.3. The molecule has 2 aromatic heterocycles. The fraction of sp³-hybridized carbons (Fsp3) is 0.143. The van der Waals surface area contributed by atoms with Crippen LogP contribution in [-0.2, 0) is 13.2 Å². The lowest BCUT2D eigenvalue weighted by atomic mass is 10.1. The lowest BCUT2D eigenvalue weighted by molar-refractivity contribution is 0.296. The van der Waals surface area contributed by atoms with Crippen LogP contribution in [0.3, 0.4) is 0 Å². The van der Waals surface area contributed by atoms with Gasteiger partial charge in [-0.2, -0.15) is 5.10 Å². The summed E-state index contributed by atoms with van der Waals surface area (Å²) in [5.74, 6) is -1.04. The van der Waals surface area contributed by atoms with Crippen molar-refractivity contribution in [3.63, 3.8) is 0 Å². The maximum Gasteiger partial charge on any atom is 0.269 e. The molecule has 0 saturated carbocycles. The quantitative estimate of drug-likeness (QED) is 0.470. The van der Waals surface area contributed by atoms with Crippen molar-refractivity contribution in [3.8, 4) is 5.75 Å². The Morgan fingerprint density at radius 3 is 2.79 bits per heavy atom. The molecule has 4 rings (SSSR count). The number of halogens is 3. The highest BCUT2D eigenvalue weighted by Gasteiger charge is 2.14. The van der Waals surface area contributed by atoms with Gasteiger partial charge in [-0.15, -0.1) is 0 Å². The molecule has 5 nitrogen and oxygen atoms in total. The van der Waals surface area contributed by atoms with Crippen LogP contribution in [0.1, 0.15) is 16.8 Å². The van der Waals surface area contributed by atoms with Crippen molar-refractivity contribution in [2.45, 2.75) is 20.1 Å². The summed E-state index contributed by atoms with van der Waals surface area (Å²) in [6.07, 6.45) is 1.73. The molecule has 0 bridgehead atoms. The monoisotopic (exact) mass is 459 g/mol. The molecule has 0 spiro atoms. The van der Waals surface area contributed by atoms with Gasteiger partial charge < -0.3 is 9.30 Å². The molecule has 0 amide bonds. The van der Waals surface area contributed by atoms with E-state index >= 15 is 0 Å². The highest BCUT2D eigenvalue weighted by Crippen LogP contribution is 2.25. The minimum atomic E-state index is -0.694. The third-order valence-electron chi connectivity index (χ3n) is 4.66. The summed E-state index contributed by atoms with van der Waals surface area (Å²) in [5, 5.41) is 7.86. The first kappa shape index (κ1) is 19.3. The highest BCUT2D eigenvalue weighted by molar-refractivity contribution is 9.10. The van der Waals surface area contributed by atoms with E-state index in [-0.39, 0.29) is 22.2 Å². The zero-order valence-electron chi connectivity index (χ0n) is 15.4. The molecule has 29 heavy (non-hydrogen) atoms. The Hall–Kier alpha value is -3.00. The summed E-state index contributed by atoms with van der Waals surface area (Å²) in [6.45, 7) is 2.07. The number of H-pyrrole nitrogens is 1. The molecule has 0 saturated heterocycles. The van der Waals surface area contributed by atoms with Gasteiger partial charge in [0.05, 0.1) is 18.3 Å². The Morgan fingerprint density at radius 1 is 1.17 bits per heavy atom. The summed E-state index contributed by atoms with van der Waals surface area (Å²) in [6, 6.07) is 10.8. The van der Waals surface area contributed by atoms with Crippen molar-refractivity contribution in [2.75, 3.05) is 0 Å². The lowest BCUT2D eigenvalue weighted by Crippen LogP contribution is -2.24. The van der Waals surface area contributed by atoms with Crippen molar-refractivity contribution in [3.05, 3.63) is 91.9 Å². The van der Waals surface area contributed by atoms with Gasteiger partial charge in [-0.05, 0) is 52.7 Å². The summed E-state index contributed by atoms with van der Waals surface area (Å²) >= 11 is 3.29. The van der Waals surface area contributed by atoms with E-state index in [4.69, 9.17) is 4.74 Å². The van der Waals surface area contributed by atoms with E-state index in [2.05, 4.69) is 26.1 Å². The van der Waals surface area contributed by atoms with Crippen LogP contribution in [0.5, 0.6) is 5.75 Å². The SMILES string of the molecule is Cc1cc(OCc2ccc(F)cc2F)c(Br)c(=O)n1Cc1ccc2[nH]ncc2c1. The van der Waals surface area contributed by atoms with E-state index in [0.29, 0.717) is 18.0 Å². The molecule has 0 atom stereocenters. The second-order valence-corrected chi connectivity index (χ2v) is 7.46. The van der Waals surface area contributed by atoms with Crippen molar-refractivity contribution in [1.82, 2.24) is 14.8 Å². The molecule has 0 aliphatic rings. The minimum Gasteiger partial charge on any atom is -0.487 e. The lowest BCUT2D eigenvalue weighted by Gasteiger charge is -2.15. The molecule has 148 valence electrons. The summed E-state index contributed by atoms with van der Waals surface area (Å²) in [5.41, 5.74) is 2.52. The second kappa shape index (κ2) is 7.79. The third kappa shape index (κ3) is 3.93. The first-order valence-corrected chi connectivity index (χ1v) is 9.60. The molecule has 2 aromatic carbocycles. The van der Waals surface area contributed by atoms with Gasteiger partial charge in [0.2, 0.25) is 0 Å². The fourth-order valence-corrected chi connectivity index (χ4v) is 3.53. The van der Waals surface area contributed by atoms with Crippen LogP contribution < -0.4 is 10.3 Å². The molecule has 1 N–H and O–H groups in total. The fourth-order valence-electron chi connectivity index (χ4n) is 3.08. The molecule has 0 aliphatic carbocycles. The molecule has 0 fully saturated rings. The average molecular weight is 460 g/mol. The average Bonchev–Trinajstić information content (AvgIpc) is 3.16. The Morgan fingerprint density at radius 2 is 2.00 bits per heavy atom. The van der Waals surface area contributed by atoms with E-state index in [0.717, 1.165) is 28.6 Å². The number of hydrogen-bond donors (Lipinski definition) is 1. The van der Waals surface area contributed by atoms with E-state index in [1.54, 1.807) is 23.8 Å². The Balaban J connectivity index is 1.59. The van der Waals surface area contributed by atoms with Gasteiger partial charge in [0.15, 0.2) is 0 Å². The van der Waals surface area contributed by atoms with Crippen molar-refractivity contribution in [1.29, 1.82) is 0 Å². The summed E-state index contributed by atoms with van der Waals surface area (Å²) in [4.78, 5) is 12.8. The molecule has 0 unspecified atom stereocenters. The normalized spacial score (nSPS) is 11.2. The number of fused-ring (bicyclic) bond motifs is 1. The van der Waals surface area contributed by atoms with Gasteiger partial charge in [0, 0.05) is 28.8 Å². The molecule has 0 aliphatic heterocycles. The van der Waals surface area contributed by atoms with Crippen LogP contribution in [0.25, 0.3) is 10.9 Å². The zero-order valence-corrected chi connectivity index (χ0v) is 17.0. The Bertz CT molecular complexity index is 1270. The second-order valence-electron chi connectivity index (χ2n) is 6.67. The van der Waals surface area contributed by atoms with E-state index in [1.165, 1.54) is 6.07 Å². The molecule has 4 aromatic rings. The van der Waals surface area contributed by atoms with Crippen LogP contribution in [0.2, 0.25) is 0 Å². The number of aromatic nitrogens is 3. The van der Waals surface area contributed by atoms with Gasteiger partial charge in [0.25, 0.3) is 5.56 Å². The number of ether oxygens (including phenoxy) is 1. The van der Waals surface area contributed by atoms with Crippen molar-refractivity contribution in [2.24, 2.45) is 0 Å². The van der Waals surface area contributed by atoms with E-state index < -0.39 is 11.6 Å². The number of nitrogens with one attached hydrogen (secondary N) is 1. The molecule has 2 heterocycles. The third-order valence-corrected chi connectivity index (χ3v) is 5.39. The van der Waals surface area contributed by atoms with Gasteiger partial charge in [0.1, 0.15) is 28.5 Å². The molecular formula is C21H16BrF2N3O2. The minimum absolute atomic E-state index is 0.120. The molecule has 8 heteroatoms. The van der Waals surface area contributed by atoms with E-state index in [1.807, 2.05) is 18.2 Å². The van der Waals surface area contributed by atoms with Crippen molar-refractivity contribution >= 4 is 26.8 Å². The standard InChI is InChI=1S/C21H16BrF2N3O2/c1-12-6-19(29-11-14-3-4-16(23)8-17(14)24)20(22)21(28)27(12)10-13-2-5-18-15(7-13)9-25-26-18/h2-9H,10-11H2,1H3,(H,25,26). The van der Waals surface area contributed by atoms with Crippen LogP contribution >= 0.6 is 15.9 Å². The maximum atomic E-state index is 13.8. The van der Waals surface area contributed by atoms with Gasteiger partial charge in [-0.1, -0.05) is 6.07 Å². The maximum absolute atomic E-state index is 13.8. The van der Waals surface area contributed by atoms with Gasteiger partial charge in [-0.3, -0.25) is 9.89 Å². The van der Waals surface area contributed by atoms with Crippen molar-refractivity contribution < 1.29 is 13.5 Å². The number of nitrogens with zero attached hydrogens (tertiary/aromatic N) is 2. The van der Waals surface area contributed by atoms with Crippen LogP contribution in [0, 0.1) is 18.6 Å². The van der Waals surface area contributed by atoms with Crippen LogP contribution in [0.15, 0.2) is 57.9 Å². The van der Waals surface area contributed by atoms with Crippen LogP contribution in [0.4, 0.5) is 8.78 Å². The number of benzene rings is 2. The largest absolute Gasteiger partial charge is 0.487 e. The number of aromatic amines is 1. The number of rotatable bonds is 5. The number of aryl methyl sites for hydroxylation is 1. The molecular weight excluding hydrogens is 444 g/mol. The van der Waals surface area contributed by atoms with Crippen LogP contribution in [-0.4, -0.2) is 14.8 Å². The number of hydrogen-bond acceptors (Lipinski definition) is 3. The number of pyridine rings is 1. The topological polar surface area (TPSA) is 59.9 Å². The predicted octanol–water partition coefficient (Wildman–Crippen LogP) is 4.70.